The second kappa shape index (κ2) is 11.3. The maximum absolute atomic E-state index is 13.7. The van der Waals surface area contributed by atoms with Crippen LogP contribution in [0.3, 0.4) is 0 Å². The molecule has 3 aromatic rings. The molecule has 0 saturated carbocycles. The zero-order chi connectivity index (χ0) is 22.5. The van der Waals surface area contributed by atoms with Crippen molar-refractivity contribution in [2.24, 2.45) is 0 Å². The number of aromatic nitrogens is 2. The number of aliphatic hydroxyl groups excluding tert-OH is 1. The molecule has 1 atom stereocenters. The maximum Gasteiger partial charge on any atom is 0.251 e. The molecule has 176 valence electrons. The molecule has 0 aliphatic carbocycles. The fourth-order valence-corrected chi connectivity index (χ4v) is 3.72. The van der Waals surface area contributed by atoms with Gasteiger partial charge < -0.3 is 25.4 Å². The van der Waals surface area contributed by atoms with Crippen LogP contribution < -0.4 is 15.5 Å². The molecule has 3 N–H and O–H groups in total. The van der Waals surface area contributed by atoms with E-state index in [2.05, 4.69) is 20.5 Å². The van der Waals surface area contributed by atoms with Crippen LogP contribution in [0.25, 0.3) is 11.0 Å². The second-order valence-corrected chi connectivity index (χ2v) is 7.62. The number of fused-ring (bicyclic) bond motifs is 1. The van der Waals surface area contributed by atoms with E-state index in [1.54, 1.807) is 30.5 Å². The summed E-state index contributed by atoms with van der Waals surface area (Å²) in [5, 5.41) is 15.0. The Balaban J connectivity index is 0.00000306. The van der Waals surface area contributed by atoms with Crippen molar-refractivity contribution in [1.82, 2.24) is 15.3 Å². The van der Waals surface area contributed by atoms with Gasteiger partial charge in [-0.15, -0.1) is 0 Å². The minimum absolute atomic E-state index is 0. The summed E-state index contributed by atoms with van der Waals surface area (Å²) in [5.41, 5.74) is 3.06. The highest BCUT2D eigenvalue weighted by Crippen LogP contribution is 2.28. The Bertz CT molecular complexity index is 1110. The van der Waals surface area contributed by atoms with Gasteiger partial charge in [-0.2, -0.15) is 13.5 Å². The first-order valence-electron chi connectivity index (χ1n) is 10.6. The average Bonchev–Trinajstić information content (AvgIpc) is 2.82. The van der Waals surface area contributed by atoms with Gasteiger partial charge in [-0.05, 0) is 37.3 Å². The minimum Gasteiger partial charge on any atom is -0.395 e. The number of hydrogen-bond acceptors (Lipinski definition) is 7. The van der Waals surface area contributed by atoms with Crippen LogP contribution in [-0.4, -0.2) is 60.4 Å². The number of carbonyl (C=O) groups is 1. The highest BCUT2D eigenvalue weighted by Gasteiger charge is 2.19. The van der Waals surface area contributed by atoms with Gasteiger partial charge in [0.15, 0.2) is 0 Å². The third kappa shape index (κ3) is 5.89. The van der Waals surface area contributed by atoms with E-state index in [-0.39, 0.29) is 44.4 Å². The van der Waals surface area contributed by atoms with E-state index in [0.717, 1.165) is 24.5 Å². The fraction of sp³-hybridized carbons (Fsp3) is 0.348. The molecule has 4 rings (SSSR count). The molecular formula is C23H28FN5O3S. The number of anilines is 2. The molecule has 8 nitrogen and oxygen atoms in total. The Morgan fingerprint density at radius 1 is 1.27 bits per heavy atom. The molecule has 10 heteroatoms. The van der Waals surface area contributed by atoms with Gasteiger partial charge in [-0.25, -0.2) is 9.37 Å². The molecule has 33 heavy (non-hydrogen) atoms. The summed E-state index contributed by atoms with van der Waals surface area (Å²) in [4.78, 5) is 24.1. The van der Waals surface area contributed by atoms with Crippen molar-refractivity contribution in [2.75, 3.05) is 49.7 Å². The standard InChI is InChI=1S/C23H26FN5O3.H2S/c1-15(27-18-4-2-3-17(24)13-18)19-11-16(23(31)25-5-8-30)12-20-22(19)28-21(14-26-20)29-6-9-32-10-7-29;/h2-4,11-15,27,30H,5-10H2,1H3,(H,25,31);1H2/t15-;/m0./s1. The van der Waals surface area contributed by atoms with Crippen LogP contribution in [0.5, 0.6) is 0 Å². The second-order valence-electron chi connectivity index (χ2n) is 7.62. The summed E-state index contributed by atoms with van der Waals surface area (Å²) in [6.07, 6.45) is 1.71. The first-order valence-corrected chi connectivity index (χ1v) is 10.6. The molecule has 1 amide bonds. The molecule has 1 aliphatic rings. The van der Waals surface area contributed by atoms with E-state index in [0.29, 0.717) is 35.5 Å². The summed E-state index contributed by atoms with van der Waals surface area (Å²) in [6, 6.07) is 9.40. The van der Waals surface area contributed by atoms with Crippen molar-refractivity contribution < 1.29 is 19.0 Å². The Kier molecular flexibility index (Phi) is 8.43. The summed E-state index contributed by atoms with van der Waals surface area (Å²) in [5.74, 6) is 0.107. The van der Waals surface area contributed by atoms with Gasteiger partial charge in [0.1, 0.15) is 11.6 Å². The number of benzene rings is 2. The monoisotopic (exact) mass is 473 g/mol. The predicted molar refractivity (Wildman–Crippen MR) is 131 cm³/mol. The zero-order valence-electron chi connectivity index (χ0n) is 18.3. The molecule has 2 heterocycles. The van der Waals surface area contributed by atoms with Gasteiger partial charge in [0, 0.05) is 36.4 Å². The summed E-state index contributed by atoms with van der Waals surface area (Å²) >= 11 is 0. The van der Waals surface area contributed by atoms with Crippen molar-refractivity contribution >= 4 is 41.9 Å². The number of aliphatic hydroxyl groups is 1. The number of morpholine rings is 1. The number of amides is 1. The Morgan fingerprint density at radius 2 is 2.06 bits per heavy atom. The van der Waals surface area contributed by atoms with E-state index < -0.39 is 0 Å². The minimum atomic E-state index is -0.335. The van der Waals surface area contributed by atoms with Gasteiger partial charge in [-0.3, -0.25) is 9.78 Å². The van der Waals surface area contributed by atoms with E-state index in [9.17, 15) is 9.18 Å². The Hall–Kier alpha value is -2.95. The molecule has 0 bridgehead atoms. The highest BCUT2D eigenvalue weighted by atomic mass is 32.1. The first kappa shape index (κ1) is 24.7. The van der Waals surface area contributed by atoms with Crippen molar-refractivity contribution in [3.05, 3.63) is 59.5 Å². The van der Waals surface area contributed by atoms with Gasteiger partial charge in [0.25, 0.3) is 5.91 Å². The lowest BCUT2D eigenvalue weighted by Gasteiger charge is -2.28. The molecule has 1 saturated heterocycles. The van der Waals surface area contributed by atoms with E-state index >= 15 is 0 Å². The lowest BCUT2D eigenvalue weighted by molar-refractivity contribution is 0.0944. The number of rotatable bonds is 7. The van der Waals surface area contributed by atoms with Crippen LogP contribution in [-0.2, 0) is 4.74 Å². The normalized spacial score (nSPS) is 14.5. The van der Waals surface area contributed by atoms with Crippen LogP contribution in [0, 0.1) is 5.82 Å². The SMILES string of the molecule is C[C@H](Nc1cccc(F)c1)c1cc(C(=O)NCCO)cc2ncc(N3CCOCC3)nc12.S. The summed E-state index contributed by atoms with van der Waals surface area (Å²) < 4.78 is 19.1. The molecule has 1 fully saturated rings. The van der Waals surface area contributed by atoms with E-state index in [4.69, 9.17) is 14.8 Å². The van der Waals surface area contributed by atoms with Crippen molar-refractivity contribution in [2.45, 2.75) is 13.0 Å². The topological polar surface area (TPSA) is 99.6 Å². The van der Waals surface area contributed by atoms with Crippen molar-refractivity contribution in [3.8, 4) is 0 Å². The Morgan fingerprint density at radius 3 is 2.79 bits per heavy atom. The average molecular weight is 474 g/mol. The smallest absolute Gasteiger partial charge is 0.251 e. The van der Waals surface area contributed by atoms with Gasteiger partial charge in [0.2, 0.25) is 0 Å². The van der Waals surface area contributed by atoms with Crippen LogP contribution in [0.4, 0.5) is 15.9 Å². The van der Waals surface area contributed by atoms with Crippen LogP contribution >= 0.6 is 13.5 Å². The number of halogens is 1. The summed E-state index contributed by atoms with van der Waals surface area (Å²) in [6.45, 7) is 4.67. The van der Waals surface area contributed by atoms with Gasteiger partial charge >= 0.3 is 0 Å². The quantitative estimate of drug-likeness (QED) is 0.485. The molecule has 0 radical (unpaired) electrons. The molecule has 1 aliphatic heterocycles. The fourth-order valence-electron chi connectivity index (χ4n) is 3.72. The van der Waals surface area contributed by atoms with Gasteiger partial charge in [0.05, 0.1) is 43.1 Å². The van der Waals surface area contributed by atoms with Crippen LogP contribution in [0.15, 0.2) is 42.6 Å². The van der Waals surface area contributed by atoms with Crippen LogP contribution in [0.1, 0.15) is 28.9 Å². The number of carbonyl (C=O) groups excluding carboxylic acids is 1. The number of hydrogen-bond donors (Lipinski definition) is 3. The maximum atomic E-state index is 13.7. The van der Waals surface area contributed by atoms with Crippen LogP contribution in [0.2, 0.25) is 0 Å². The predicted octanol–water partition coefficient (Wildman–Crippen LogP) is 2.61. The third-order valence-electron chi connectivity index (χ3n) is 5.33. The molecule has 0 spiro atoms. The lowest BCUT2D eigenvalue weighted by Crippen LogP contribution is -2.36. The molecule has 2 aromatic carbocycles. The first-order chi connectivity index (χ1) is 15.5. The zero-order valence-corrected chi connectivity index (χ0v) is 19.3. The molecule has 0 unspecified atom stereocenters. The number of nitrogens with zero attached hydrogens (tertiary/aromatic N) is 3. The van der Waals surface area contributed by atoms with Crippen molar-refractivity contribution in [1.29, 1.82) is 0 Å². The van der Waals surface area contributed by atoms with E-state index in [1.807, 2.05) is 6.92 Å². The molecular weight excluding hydrogens is 445 g/mol. The molecule has 1 aromatic heterocycles. The third-order valence-corrected chi connectivity index (χ3v) is 5.33. The lowest BCUT2D eigenvalue weighted by atomic mass is 10.0. The summed E-state index contributed by atoms with van der Waals surface area (Å²) in [7, 11) is 0. The van der Waals surface area contributed by atoms with Gasteiger partial charge in [-0.1, -0.05) is 6.07 Å². The Labute approximate surface area is 198 Å². The highest BCUT2D eigenvalue weighted by molar-refractivity contribution is 7.59. The number of ether oxygens (including phenoxy) is 1. The number of nitrogens with one attached hydrogen (secondary N) is 2. The largest absolute Gasteiger partial charge is 0.395 e. The van der Waals surface area contributed by atoms with Crippen molar-refractivity contribution in [3.63, 3.8) is 0 Å². The van der Waals surface area contributed by atoms with E-state index in [1.165, 1.54) is 12.1 Å².